The Bertz CT molecular complexity index is 1340. The summed E-state index contributed by atoms with van der Waals surface area (Å²) in [5, 5.41) is 23.8. The molecule has 0 aliphatic rings. The van der Waals surface area contributed by atoms with Gasteiger partial charge in [0.1, 0.15) is 5.82 Å². The second-order valence-corrected chi connectivity index (χ2v) is 8.75. The topological polar surface area (TPSA) is 98.2 Å². The van der Waals surface area contributed by atoms with Gasteiger partial charge in [-0.3, -0.25) is 9.36 Å². The molecule has 8 nitrogen and oxygen atoms in total. The van der Waals surface area contributed by atoms with Crippen LogP contribution in [-0.2, 0) is 6.54 Å². The summed E-state index contributed by atoms with van der Waals surface area (Å²) < 4.78 is 17.5. The molecule has 0 amide bonds. The zero-order chi connectivity index (χ0) is 22.7. The number of hydrogen-bond donors (Lipinski definition) is 1. The minimum atomic E-state index is -0.837. The van der Waals surface area contributed by atoms with Crippen molar-refractivity contribution in [2.45, 2.75) is 24.7 Å². The van der Waals surface area contributed by atoms with Crippen LogP contribution in [0.5, 0.6) is 0 Å². The number of nitrogens with zero attached hydrogens (tertiary/aromatic N) is 6. The summed E-state index contributed by atoms with van der Waals surface area (Å²) >= 11 is 4.54. The number of benzene rings is 2. The van der Waals surface area contributed by atoms with Gasteiger partial charge in [-0.1, -0.05) is 45.9 Å². The van der Waals surface area contributed by atoms with Crippen molar-refractivity contribution < 1.29 is 9.50 Å². The van der Waals surface area contributed by atoms with Crippen LogP contribution in [0.1, 0.15) is 11.4 Å². The molecular weight excluding hydrogens is 499 g/mol. The molecule has 0 aliphatic carbocycles. The number of rotatable bonds is 7. The largest absolute Gasteiger partial charge is 0.390 e. The Labute approximate surface area is 195 Å². The van der Waals surface area contributed by atoms with Crippen LogP contribution in [0.3, 0.4) is 0 Å². The van der Waals surface area contributed by atoms with Gasteiger partial charge in [0.25, 0.3) is 5.56 Å². The lowest BCUT2D eigenvalue weighted by Gasteiger charge is -2.12. The fourth-order valence-corrected chi connectivity index (χ4v) is 4.29. The number of halogens is 2. The van der Waals surface area contributed by atoms with E-state index in [-0.39, 0.29) is 17.9 Å². The maximum atomic E-state index is 14.0. The summed E-state index contributed by atoms with van der Waals surface area (Å²) in [6, 6.07) is 11.7. The van der Waals surface area contributed by atoms with E-state index in [0.29, 0.717) is 31.9 Å². The number of aryl methyl sites for hydroxylation is 1. The summed E-state index contributed by atoms with van der Waals surface area (Å²) in [6.45, 7) is 1.81. The minimum Gasteiger partial charge on any atom is -0.390 e. The van der Waals surface area contributed by atoms with Gasteiger partial charge in [-0.2, -0.15) is 9.78 Å². The Morgan fingerprint density at radius 2 is 2.06 bits per heavy atom. The van der Waals surface area contributed by atoms with Gasteiger partial charge in [-0.05, 0) is 31.2 Å². The van der Waals surface area contributed by atoms with Gasteiger partial charge in [0.05, 0.1) is 36.1 Å². The first kappa shape index (κ1) is 22.3. The molecule has 0 bridgehead atoms. The number of aliphatic hydroxyl groups excluding tert-OH is 1. The quantitative estimate of drug-likeness (QED) is 0.299. The number of para-hydroxylation sites is 1. The van der Waals surface area contributed by atoms with E-state index in [0.717, 1.165) is 0 Å². The molecule has 1 N–H and O–H groups in total. The van der Waals surface area contributed by atoms with Crippen molar-refractivity contribution in [3.63, 3.8) is 0 Å². The first-order valence-electron chi connectivity index (χ1n) is 9.59. The molecule has 0 radical (unpaired) electrons. The monoisotopic (exact) mass is 516 g/mol. The summed E-state index contributed by atoms with van der Waals surface area (Å²) in [5.74, 6) is 0.351. The lowest BCUT2D eigenvalue weighted by atomic mass is 10.2. The third-order valence-corrected chi connectivity index (χ3v) is 6.37. The van der Waals surface area contributed by atoms with Crippen molar-refractivity contribution >= 4 is 44.8 Å². The van der Waals surface area contributed by atoms with E-state index >= 15 is 0 Å². The maximum absolute atomic E-state index is 14.0. The second kappa shape index (κ2) is 9.72. The van der Waals surface area contributed by atoms with Gasteiger partial charge in [0, 0.05) is 15.8 Å². The van der Waals surface area contributed by atoms with Crippen LogP contribution in [0.4, 0.5) is 4.39 Å². The predicted octanol–water partition coefficient (Wildman–Crippen LogP) is 3.23. The zero-order valence-electron chi connectivity index (χ0n) is 16.9. The summed E-state index contributed by atoms with van der Waals surface area (Å²) in [6.07, 6.45) is 1.98. The zero-order valence-corrected chi connectivity index (χ0v) is 19.3. The molecule has 1 unspecified atom stereocenters. The van der Waals surface area contributed by atoms with Gasteiger partial charge < -0.3 is 5.11 Å². The standard InChI is InChI=1S/C21H18BrFN6O2S/c1-13-26-27-21(29(13)25-9-16-17(22)6-4-7-18(16)23)32-11-14(30)10-28-12-24-19-8-3-2-5-15(19)20(28)31/h2-9,12,14,30H,10-11H2,1H3. The highest BCUT2D eigenvalue weighted by atomic mass is 79.9. The second-order valence-electron chi connectivity index (χ2n) is 6.91. The lowest BCUT2D eigenvalue weighted by molar-refractivity contribution is 0.176. The van der Waals surface area contributed by atoms with E-state index in [1.165, 1.54) is 39.6 Å². The molecule has 2 heterocycles. The van der Waals surface area contributed by atoms with E-state index in [4.69, 9.17) is 0 Å². The molecule has 164 valence electrons. The minimum absolute atomic E-state index is 0.0855. The number of aliphatic hydroxyl groups is 1. The van der Waals surface area contributed by atoms with Crippen molar-refractivity contribution in [3.05, 3.63) is 80.8 Å². The Morgan fingerprint density at radius 3 is 2.88 bits per heavy atom. The Kier molecular flexibility index (Phi) is 6.77. The van der Waals surface area contributed by atoms with E-state index < -0.39 is 11.9 Å². The normalized spacial score (nSPS) is 12.6. The molecule has 4 aromatic rings. The molecule has 4 rings (SSSR count). The van der Waals surface area contributed by atoms with Crippen molar-refractivity contribution in [2.24, 2.45) is 5.10 Å². The summed E-state index contributed by atoms with van der Waals surface area (Å²) in [7, 11) is 0. The van der Waals surface area contributed by atoms with E-state index in [9.17, 15) is 14.3 Å². The third-order valence-electron chi connectivity index (χ3n) is 4.61. The molecule has 2 aromatic heterocycles. The van der Waals surface area contributed by atoms with Gasteiger partial charge in [0.15, 0.2) is 5.82 Å². The van der Waals surface area contributed by atoms with Crippen LogP contribution in [-0.4, -0.2) is 47.6 Å². The third kappa shape index (κ3) is 4.79. The average molecular weight is 517 g/mol. The van der Waals surface area contributed by atoms with Crippen LogP contribution in [0.15, 0.2) is 68.3 Å². The van der Waals surface area contributed by atoms with Crippen LogP contribution in [0.2, 0.25) is 0 Å². The molecular formula is C21H18BrFN6O2S. The Balaban J connectivity index is 1.46. The van der Waals surface area contributed by atoms with Gasteiger partial charge in [-0.15, -0.1) is 10.2 Å². The molecule has 0 saturated heterocycles. The Hall–Kier alpha value is -2.89. The molecule has 0 fully saturated rings. The SMILES string of the molecule is Cc1nnc(SCC(O)Cn2cnc3ccccc3c2=O)n1N=Cc1c(F)cccc1Br. The molecule has 2 aromatic carbocycles. The number of hydrogen-bond acceptors (Lipinski definition) is 7. The Morgan fingerprint density at radius 1 is 1.25 bits per heavy atom. The van der Waals surface area contributed by atoms with Crippen molar-refractivity contribution in [3.8, 4) is 0 Å². The molecule has 0 spiro atoms. The summed E-state index contributed by atoms with van der Waals surface area (Å²) in [4.78, 5) is 16.9. The van der Waals surface area contributed by atoms with E-state index in [1.54, 1.807) is 37.3 Å². The van der Waals surface area contributed by atoms with Gasteiger partial charge in [0.2, 0.25) is 5.16 Å². The van der Waals surface area contributed by atoms with E-state index in [2.05, 4.69) is 36.2 Å². The van der Waals surface area contributed by atoms with Crippen LogP contribution < -0.4 is 5.56 Å². The van der Waals surface area contributed by atoms with Crippen LogP contribution >= 0.6 is 27.7 Å². The fourth-order valence-electron chi connectivity index (χ4n) is 3.00. The maximum Gasteiger partial charge on any atom is 0.261 e. The van der Waals surface area contributed by atoms with Crippen LogP contribution in [0.25, 0.3) is 10.9 Å². The predicted molar refractivity (Wildman–Crippen MR) is 125 cm³/mol. The highest BCUT2D eigenvalue weighted by Crippen LogP contribution is 2.20. The average Bonchev–Trinajstić information content (AvgIpc) is 3.13. The highest BCUT2D eigenvalue weighted by Gasteiger charge is 2.14. The fraction of sp³-hybridized carbons (Fsp3) is 0.190. The molecule has 0 aliphatic heterocycles. The first-order valence-corrected chi connectivity index (χ1v) is 11.4. The number of fused-ring (bicyclic) bond motifs is 1. The molecule has 0 saturated carbocycles. The van der Waals surface area contributed by atoms with Crippen molar-refractivity contribution in [1.82, 2.24) is 24.4 Å². The smallest absolute Gasteiger partial charge is 0.261 e. The highest BCUT2D eigenvalue weighted by molar-refractivity contribution is 9.10. The van der Waals surface area contributed by atoms with Crippen molar-refractivity contribution in [2.75, 3.05) is 5.75 Å². The van der Waals surface area contributed by atoms with Gasteiger partial charge >= 0.3 is 0 Å². The summed E-state index contributed by atoms with van der Waals surface area (Å²) in [5.41, 5.74) is 0.707. The van der Waals surface area contributed by atoms with Crippen molar-refractivity contribution in [1.29, 1.82) is 0 Å². The molecule has 32 heavy (non-hydrogen) atoms. The number of thioether (sulfide) groups is 1. The first-order chi connectivity index (χ1) is 15.4. The number of aromatic nitrogens is 5. The lowest BCUT2D eigenvalue weighted by Crippen LogP contribution is -2.28. The van der Waals surface area contributed by atoms with Gasteiger partial charge in [-0.25, -0.2) is 9.37 Å². The van der Waals surface area contributed by atoms with Crippen LogP contribution in [0, 0.1) is 12.7 Å². The van der Waals surface area contributed by atoms with E-state index in [1.807, 2.05) is 6.07 Å². The molecule has 1 atom stereocenters. The molecule has 11 heteroatoms.